The third-order valence-corrected chi connectivity index (χ3v) is 4.95. The fraction of sp³-hybridized carbons (Fsp3) is 0.588. The summed E-state index contributed by atoms with van der Waals surface area (Å²) in [5.41, 5.74) is -0.220. The van der Waals surface area contributed by atoms with Gasteiger partial charge in [-0.25, -0.2) is 9.48 Å². The summed E-state index contributed by atoms with van der Waals surface area (Å²) in [5.74, 6) is 1.72. The van der Waals surface area contributed by atoms with Crippen molar-refractivity contribution in [3.05, 3.63) is 28.9 Å². The van der Waals surface area contributed by atoms with Gasteiger partial charge in [0, 0.05) is 19.1 Å². The molecule has 2 aliphatic rings. The van der Waals surface area contributed by atoms with E-state index in [0.717, 1.165) is 38.8 Å². The highest BCUT2D eigenvalue weighted by atomic mass is 16.3. The van der Waals surface area contributed by atoms with Crippen LogP contribution in [-0.2, 0) is 11.3 Å². The van der Waals surface area contributed by atoms with Crippen molar-refractivity contribution >= 4 is 5.91 Å². The number of hydrogen-bond donors (Lipinski definition) is 0. The molecule has 0 atom stereocenters. The summed E-state index contributed by atoms with van der Waals surface area (Å²) in [7, 11) is 0. The predicted molar refractivity (Wildman–Crippen MR) is 87.4 cm³/mol. The Morgan fingerprint density at radius 1 is 1.29 bits per heavy atom. The Labute approximate surface area is 139 Å². The Morgan fingerprint density at radius 3 is 2.67 bits per heavy atom. The number of likely N-dealkylation sites (tertiary alicyclic amines) is 1. The third kappa shape index (κ3) is 2.79. The lowest BCUT2D eigenvalue weighted by molar-refractivity contribution is -0.133. The molecule has 0 unspecified atom stereocenters. The zero-order chi connectivity index (χ0) is 16.7. The first-order valence-electron chi connectivity index (χ1n) is 8.64. The normalized spacial score (nSPS) is 19.0. The van der Waals surface area contributed by atoms with Crippen LogP contribution in [0.2, 0.25) is 0 Å². The minimum Gasteiger partial charge on any atom is -0.461 e. The van der Waals surface area contributed by atoms with Gasteiger partial charge in [-0.3, -0.25) is 9.36 Å². The molecule has 0 spiro atoms. The van der Waals surface area contributed by atoms with Gasteiger partial charge in [-0.1, -0.05) is 6.92 Å². The van der Waals surface area contributed by atoms with Gasteiger partial charge in [0.15, 0.2) is 5.76 Å². The molecule has 2 aromatic rings. The Morgan fingerprint density at radius 2 is 2.04 bits per heavy atom. The van der Waals surface area contributed by atoms with E-state index in [9.17, 15) is 9.59 Å². The lowest BCUT2D eigenvalue weighted by Gasteiger charge is -2.30. The number of amides is 1. The Bertz CT molecular complexity index is 777. The number of hydrogen-bond acceptors (Lipinski definition) is 4. The first-order chi connectivity index (χ1) is 11.6. The standard InChI is InChI=1S/C17H22N4O3/c1-12-6-8-19(9-7-12)15(22)11-20-17(23)21(13-4-5-13)16(18-20)14-3-2-10-24-14/h2-3,10,12-13H,4-9,11H2,1H3. The number of carbonyl (C=O) groups excluding carboxylic acids is 1. The van der Waals surface area contributed by atoms with Crippen LogP contribution in [0.4, 0.5) is 0 Å². The fourth-order valence-corrected chi connectivity index (χ4v) is 3.24. The minimum absolute atomic E-state index is 0.000638. The molecule has 7 nitrogen and oxygen atoms in total. The molecule has 0 bridgehead atoms. The topological polar surface area (TPSA) is 73.3 Å². The largest absolute Gasteiger partial charge is 0.461 e. The lowest BCUT2D eigenvalue weighted by Crippen LogP contribution is -2.41. The SMILES string of the molecule is CC1CCN(C(=O)Cn2nc(-c3ccco3)n(C3CC3)c2=O)CC1. The fourth-order valence-electron chi connectivity index (χ4n) is 3.24. The molecule has 7 heteroatoms. The molecule has 1 aliphatic heterocycles. The molecule has 2 fully saturated rings. The van der Waals surface area contributed by atoms with Gasteiger partial charge < -0.3 is 9.32 Å². The second-order valence-electron chi connectivity index (χ2n) is 6.91. The number of piperidine rings is 1. The molecule has 24 heavy (non-hydrogen) atoms. The maximum atomic E-state index is 12.7. The molecule has 0 radical (unpaired) electrons. The van der Waals surface area contributed by atoms with Crippen molar-refractivity contribution in [2.45, 2.75) is 45.2 Å². The van der Waals surface area contributed by atoms with Crippen molar-refractivity contribution in [1.82, 2.24) is 19.2 Å². The van der Waals surface area contributed by atoms with E-state index in [4.69, 9.17) is 4.42 Å². The van der Waals surface area contributed by atoms with Crippen molar-refractivity contribution in [2.75, 3.05) is 13.1 Å². The average Bonchev–Trinajstić information content (AvgIpc) is 3.15. The van der Waals surface area contributed by atoms with E-state index in [0.29, 0.717) is 17.5 Å². The smallest absolute Gasteiger partial charge is 0.347 e. The van der Waals surface area contributed by atoms with Crippen LogP contribution in [0.3, 0.4) is 0 Å². The number of carbonyl (C=O) groups is 1. The highest BCUT2D eigenvalue weighted by Gasteiger charge is 2.32. The van der Waals surface area contributed by atoms with Gasteiger partial charge in [-0.15, -0.1) is 5.10 Å². The predicted octanol–water partition coefficient (Wildman–Crippen LogP) is 1.90. The van der Waals surface area contributed by atoms with Gasteiger partial charge in [-0.05, 0) is 43.7 Å². The molecule has 0 N–H and O–H groups in total. The van der Waals surface area contributed by atoms with Crippen LogP contribution in [0, 0.1) is 5.92 Å². The van der Waals surface area contributed by atoms with Crippen molar-refractivity contribution in [3.8, 4) is 11.6 Å². The second-order valence-corrected chi connectivity index (χ2v) is 6.91. The van der Waals surface area contributed by atoms with Crippen molar-refractivity contribution in [3.63, 3.8) is 0 Å². The molecule has 1 aliphatic carbocycles. The van der Waals surface area contributed by atoms with Crippen molar-refractivity contribution in [2.24, 2.45) is 5.92 Å². The van der Waals surface area contributed by atoms with Gasteiger partial charge >= 0.3 is 5.69 Å². The van der Waals surface area contributed by atoms with Crippen LogP contribution < -0.4 is 5.69 Å². The summed E-state index contributed by atoms with van der Waals surface area (Å²) in [4.78, 5) is 27.0. The van der Waals surface area contributed by atoms with Gasteiger partial charge in [0.05, 0.1) is 6.26 Å². The zero-order valence-electron chi connectivity index (χ0n) is 13.9. The molecule has 128 valence electrons. The summed E-state index contributed by atoms with van der Waals surface area (Å²) in [6.45, 7) is 3.74. The van der Waals surface area contributed by atoms with Crippen LogP contribution >= 0.6 is 0 Å². The maximum Gasteiger partial charge on any atom is 0.347 e. The Hall–Kier alpha value is -2.31. The Balaban J connectivity index is 1.58. The molecule has 2 aromatic heterocycles. The van der Waals surface area contributed by atoms with Crippen LogP contribution in [0.5, 0.6) is 0 Å². The first-order valence-corrected chi connectivity index (χ1v) is 8.64. The third-order valence-electron chi connectivity index (χ3n) is 4.95. The van der Waals surface area contributed by atoms with Gasteiger partial charge in [-0.2, -0.15) is 0 Å². The minimum atomic E-state index is -0.220. The number of rotatable bonds is 4. The van der Waals surface area contributed by atoms with E-state index in [-0.39, 0.29) is 24.2 Å². The average molecular weight is 330 g/mol. The summed E-state index contributed by atoms with van der Waals surface area (Å²) in [5, 5.41) is 4.39. The molecule has 1 amide bonds. The molecule has 3 heterocycles. The van der Waals surface area contributed by atoms with Crippen molar-refractivity contribution in [1.29, 1.82) is 0 Å². The second kappa shape index (κ2) is 5.96. The quantitative estimate of drug-likeness (QED) is 0.858. The number of furan rings is 1. The molecular formula is C17H22N4O3. The van der Waals surface area contributed by atoms with Crippen LogP contribution in [0.1, 0.15) is 38.6 Å². The van der Waals surface area contributed by atoms with E-state index in [1.54, 1.807) is 23.0 Å². The lowest BCUT2D eigenvalue weighted by atomic mass is 9.99. The van der Waals surface area contributed by atoms with E-state index < -0.39 is 0 Å². The highest BCUT2D eigenvalue weighted by molar-refractivity contribution is 5.76. The van der Waals surface area contributed by atoms with Gasteiger partial charge in [0.1, 0.15) is 6.54 Å². The van der Waals surface area contributed by atoms with E-state index in [1.807, 2.05) is 4.90 Å². The van der Waals surface area contributed by atoms with Crippen LogP contribution in [0.25, 0.3) is 11.6 Å². The molecule has 0 aromatic carbocycles. The first kappa shape index (κ1) is 15.2. The number of nitrogens with zero attached hydrogens (tertiary/aromatic N) is 4. The summed E-state index contributed by atoms with van der Waals surface area (Å²) < 4.78 is 8.37. The van der Waals surface area contributed by atoms with Gasteiger partial charge in [0.25, 0.3) is 0 Å². The molecule has 1 saturated carbocycles. The van der Waals surface area contributed by atoms with E-state index >= 15 is 0 Å². The Kier molecular flexibility index (Phi) is 3.78. The molecule has 1 saturated heterocycles. The summed E-state index contributed by atoms with van der Waals surface area (Å²) in [6, 6.07) is 3.74. The summed E-state index contributed by atoms with van der Waals surface area (Å²) >= 11 is 0. The highest BCUT2D eigenvalue weighted by Crippen LogP contribution is 2.36. The molecule has 4 rings (SSSR count). The zero-order valence-corrected chi connectivity index (χ0v) is 13.9. The van der Waals surface area contributed by atoms with Crippen molar-refractivity contribution < 1.29 is 9.21 Å². The van der Waals surface area contributed by atoms with Crippen LogP contribution in [-0.4, -0.2) is 38.2 Å². The maximum absolute atomic E-state index is 12.7. The van der Waals surface area contributed by atoms with Gasteiger partial charge in [0.2, 0.25) is 11.7 Å². The molecular weight excluding hydrogens is 308 g/mol. The van der Waals surface area contributed by atoms with E-state index in [2.05, 4.69) is 12.0 Å². The van der Waals surface area contributed by atoms with E-state index in [1.165, 1.54) is 4.68 Å². The number of aromatic nitrogens is 3. The van der Waals surface area contributed by atoms with Crippen LogP contribution in [0.15, 0.2) is 27.6 Å². The summed E-state index contributed by atoms with van der Waals surface area (Å²) in [6.07, 6.45) is 5.55. The monoisotopic (exact) mass is 330 g/mol.